The Balaban J connectivity index is 2.39. The molecule has 0 radical (unpaired) electrons. The number of carbonyl (C=O) groups excluding carboxylic acids is 1. The number of carbonyl (C=O) groups is 1. The van der Waals surface area contributed by atoms with Crippen LogP contribution < -0.4 is 5.01 Å². The molecule has 3 nitrogen and oxygen atoms in total. The van der Waals surface area contributed by atoms with E-state index in [4.69, 9.17) is 0 Å². The van der Waals surface area contributed by atoms with Crippen molar-refractivity contribution in [3.8, 4) is 0 Å². The van der Waals surface area contributed by atoms with Crippen molar-refractivity contribution in [2.75, 3.05) is 5.01 Å². The van der Waals surface area contributed by atoms with E-state index in [2.05, 4.69) is 41.8 Å². The molecule has 1 aromatic rings. The Kier molecular flexibility index (Phi) is 3.08. The van der Waals surface area contributed by atoms with Crippen LogP contribution in [0, 0.1) is 5.41 Å². The highest BCUT2D eigenvalue weighted by Crippen LogP contribution is 2.31. The zero-order valence-corrected chi connectivity index (χ0v) is 11.7. The van der Waals surface area contributed by atoms with Crippen molar-refractivity contribution < 1.29 is 4.79 Å². The third-order valence-corrected chi connectivity index (χ3v) is 3.47. The highest BCUT2D eigenvalue weighted by Gasteiger charge is 2.40. The quantitative estimate of drug-likeness (QED) is 0.732. The van der Waals surface area contributed by atoms with Gasteiger partial charge in [0, 0.05) is 5.41 Å². The molecule has 90 valence electrons. The molecule has 0 bridgehead atoms. The Bertz CT molecular complexity index is 462. The average Bonchev–Trinajstić information content (AvgIpc) is 2.57. The van der Waals surface area contributed by atoms with Crippen LogP contribution in [0.5, 0.6) is 0 Å². The van der Waals surface area contributed by atoms with Gasteiger partial charge in [0.2, 0.25) is 0 Å². The molecule has 1 aromatic carbocycles. The SMILES string of the molecule is CC(C)(C)C1=NN(c2ccccc2)C(=O)[C@H]1Br. The number of amides is 1. The van der Waals surface area contributed by atoms with Gasteiger partial charge < -0.3 is 0 Å². The van der Waals surface area contributed by atoms with Crippen LogP contribution >= 0.6 is 15.9 Å². The third-order valence-electron chi connectivity index (χ3n) is 2.64. The zero-order chi connectivity index (χ0) is 12.6. The molecular weight excluding hydrogens is 280 g/mol. The van der Waals surface area contributed by atoms with E-state index in [9.17, 15) is 4.79 Å². The normalized spacial score (nSPS) is 20.7. The van der Waals surface area contributed by atoms with Crippen molar-refractivity contribution >= 4 is 33.2 Å². The van der Waals surface area contributed by atoms with Crippen LogP contribution in [0.25, 0.3) is 0 Å². The van der Waals surface area contributed by atoms with Crippen molar-refractivity contribution in [2.45, 2.75) is 25.6 Å². The Hall–Kier alpha value is -1.16. The number of nitrogens with zero attached hydrogens (tertiary/aromatic N) is 2. The molecule has 1 amide bonds. The molecular formula is C13H15BrN2O. The van der Waals surface area contributed by atoms with Gasteiger partial charge >= 0.3 is 0 Å². The fourth-order valence-corrected chi connectivity index (χ4v) is 2.69. The summed E-state index contributed by atoms with van der Waals surface area (Å²) in [6, 6.07) is 9.48. The standard InChI is InChI=1S/C13H15BrN2O/c1-13(2,3)11-10(14)12(17)16(15-11)9-7-5-4-6-8-9/h4-8,10H,1-3H3/t10-/m0/s1. The monoisotopic (exact) mass is 294 g/mol. The molecule has 0 fully saturated rings. The van der Waals surface area contributed by atoms with Gasteiger partial charge in [-0.2, -0.15) is 10.1 Å². The summed E-state index contributed by atoms with van der Waals surface area (Å²) in [5.41, 5.74) is 1.56. The van der Waals surface area contributed by atoms with Crippen LogP contribution in [0.4, 0.5) is 5.69 Å². The van der Waals surface area contributed by atoms with Gasteiger partial charge in [-0.25, -0.2) is 0 Å². The maximum absolute atomic E-state index is 12.1. The molecule has 1 aliphatic heterocycles. The van der Waals surface area contributed by atoms with E-state index in [0.29, 0.717) is 0 Å². The summed E-state index contributed by atoms with van der Waals surface area (Å²) in [4.78, 5) is 11.8. The van der Waals surface area contributed by atoms with E-state index in [1.54, 1.807) is 0 Å². The maximum atomic E-state index is 12.1. The van der Waals surface area contributed by atoms with Crippen LogP contribution in [0.15, 0.2) is 35.4 Å². The van der Waals surface area contributed by atoms with Crippen LogP contribution in [0.2, 0.25) is 0 Å². The molecule has 2 rings (SSSR count). The minimum Gasteiger partial charge on any atom is -0.271 e. The van der Waals surface area contributed by atoms with Crippen molar-refractivity contribution in [1.29, 1.82) is 0 Å². The van der Waals surface area contributed by atoms with E-state index in [-0.39, 0.29) is 16.1 Å². The number of benzene rings is 1. The summed E-state index contributed by atoms with van der Waals surface area (Å²) in [6.07, 6.45) is 0. The van der Waals surface area contributed by atoms with Crippen molar-refractivity contribution in [3.05, 3.63) is 30.3 Å². The molecule has 1 heterocycles. The van der Waals surface area contributed by atoms with E-state index >= 15 is 0 Å². The fraction of sp³-hybridized carbons (Fsp3) is 0.385. The van der Waals surface area contributed by atoms with Gasteiger partial charge in [-0.15, -0.1) is 0 Å². The molecule has 4 heteroatoms. The average molecular weight is 295 g/mol. The van der Waals surface area contributed by atoms with E-state index in [0.717, 1.165) is 11.4 Å². The molecule has 0 aromatic heterocycles. The van der Waals surface area contributed by atoms with Gasteiger partial charge in [-0.1, -0.05) is 54.9 Å². The van der Waals surface area contributed by atoms with Gasteiger partial charge in [0.1, 0.15) is 4.83 Å². The minimum absolute atomic E-state index is 0.0267. The van der Waals surface area contributed by atoms with Crippen molar-refractivity contribution in [1.82, 2.24) is 0 Å². The maximum Gasteiger partial charge on any atom is 0.267 e. The van der Waals surface area contributed by atoms with Gasteiger partial charge in [0.15, 0.2) is 0 Å². The van der Waals surface area contributed by atoms with Crippen LogP contribution in [-0.2, 0) is 4.79 Å². The first-order chi connectivity index (χ1) is 7.91. The van der Waals surface area contributed by atoms with E-state index < -0.39 is 0 Å². The predicted octanol–water partition coefficient (Wildman–Crippen LogP) is 3.20. The van der Waals surface area contributed by atoms with E-state index in [1.165, 1.54) is 5.01 Å². The van der Waals surface area contributed by atoms with E-state index in [1.807, 2.05) is 30.3 Å². The number of hydrogen-bond donors (Lipinski definition) is 0. The number of rotatable bonds is 1. The molecule has 0 N–H and O–H groups in total. The summed E-state index contributed by atoms with van der Waals surface area (Å²) in [5, 5.41) is 5.92. The first-order valence-corrected chi connectivity index (χ1v) is 6.45. The molecule has 1 atom stereocenters. The highest BCUT2D eigenvalue weighted by atomic mass is 79.9. The molecule has 17 heavy (non-hydrogen) atoms. The van der Waals surface area contributed by atoms with Crippen molar-refractivity contribution in [2.24, 2.45) is 10.5 Å². The first kappa shape index (κ1) is 12.3. The molecule has 0 unspecified atom stereocenters. The van der Waals surface area contributed by atoms with Gasteiger partial charge in [0.05, 0.1) is 11.4 Å². The lowest BCUT2D eigenvalue weighted by Crippen LogP contribution is -2.32. The molecule has 0 aliphatic carbocycles. The van der Waals surface area contributed by atoms with Crippen LogP contribution in [0.1, 0.15) is 20.8 Å². The number of hydrogen-bond acceptors (Lipinski definition) is 2. The summed E-state index contributed by atoms with van der Waals surface area (Å²) in [6.45, 7) is 6.17. The second-order valence-corrected chi connectivity index (χ2v) is 6.00. The molecule has 0 spiro atoms. The topological polar surface area (TPSA) is 32.7 Å². The fourth-order valence-electron chi connectivity index (χ4n) is 1.72. The predicted molar refractivity (Wildman–Crippen MR) is 73.5 cm³/mol. The first-order valence-electron chi connectivity index (χ1n) is 5.53. The number of halogens is 1. The lowest BCUT2D eigenvalue weighted by molar-refractivity contribution is -0.116. The van der Waals surface area contributed by atoms with Crippen LogP contribution in [-0.4, -0.2) is 16.4 Å². The lowest BCUT2D eigenvalue weighted by atomic mass is 9.88. The number of hydrazone groups is 1. The minimum atomic E-state index is -0.317. The Morgan fingerprint density at radius 3 is 2.29 bits per heavy atom. The molecule has 0 saturated carbocycles. The highest BCUT2D eigenvalue weighted by molar-refractivity contribution is 9.10. The lowest BCUT2D eigenvalue weighted by Gasteiger charge is -2.18. The molecule has 1 aliphatic rings. The summed E-state index contributed by atoms with van der Waals surface area (Å²) < 4.78 is 0. The van der Waals surface area contributed by atoms with Crippen molar-refractivity contribution in [3.63, 3.8) is 0 Å². The summed E-state index contributed by atoms with van der Waals surface area (Å²) in [7, 11) is 0. The number of anilines is 1. The smallest absolute Gasteiger partial charge is 0.267 e. The number of alkyl halides is 1. The Labute approximate surface area is 110 Å². The van der Waals surface area contributed by atoms with Gasteiger partial charge in [-0.3, -0.25) is 4.79 Å². The Morgan fingerprint density at radius 2 is 1.82 bits per heavy atom. The van der Waals surface area contributed by atoms with Gasteiger partial charge in [-0.05, 0) is 12.1 Å². The summed E-state index contributed by atoms with van der Waals surface area (Å²) in [5.74, 6) is -0.0267. The zero-order valence-electron chi connectivity index (χ0n) is 10.1. The Morgan fingerprint density at radius 1 is 1.24 bits per heavy atom. The van der Waals surface area contributed by atoms with Gasteiger partial charge in [0.25, 0.3) is 5.91 Å². The third kappa shape index (κ3) is 2.27. The second-order valence-electron chi connectivity index (χ2n) is 5.08. The summed E-state index contributed by atoms with van der Waals surface area (Å²) >= 11 is 3.42. The largest absolute Gasteiger partial charge is 0.271 e. The number of para-hydroxylation sites is 1. The molecule has 0 saturated heterocycles. The second kappa shape index (κ2) is 4.26. The van der Waals surface area contributed by atoms with Crippen LogP contribution in [0.3, 0.4) is 0 Å².